The zero-order chi connectivity index (χ0) is 24.5. The first-order valence-electron chi connectivity index (χ1n) is 12.5. The van der Waals surface area contributed by atoms with Crippen LogP contribution in [0.2, 0.25) is 0 Å². The first-order valence-corrected chi connectivity index (χ1v) is 13.3. The summed E-state index contributed by atoms with van der Waals surface area (Å²) in [6, 6.07) is 4.15. The van der Waals surface area contributed by atoms with Gasteiger partial charge in [-0.2, -0.15) is 4.98 Å². The standard InChI is InChI=1S/C24H34N8O2S/c1-4-31-24(34)30(3)18-15-25-23(28-21(18)32(31)17-7-5-6-8-17)27-20-10-9-19(35-20)22(33)26-16-11-13-29(2)14-12-16/h9-10,15-17H,4-8,11-14H2,1-3H3,(H,26,33)(H,25,27,28). The Kier molecular flexibility index (Phi) is 6.79. The number of hydrogen-bond donors (Lipinski definition) is 2. The summed E-state index contributed by atoms with van der Waals surface area (Å²) in [5.41, 5.74) is 0.710. The van der Waals surface area contributed by atoms with Gasteiger partial charge >= 0.3 is 6.03 Å². The summed E-state index contributed by atoms with van der Waals surface area (Å²) in [5, 5.41) is 11.1. The average molecular weight is 499 g/mol. The lowest BCUT2D eigenvalue weighted by atomic mass is 10.1. The van der Waals surface area contributed by atoms with E-state index >= 15 is 0 Å². The molecule has 0 radical (unpaired) electrons. The quantitative estimate of drug-likeness (QED) is 0.627. The van der Waals surface area contributed by atoms with Gasteiger partial charge in [0, 0.05) is 19.6 Å². The Morgan fingerprint density at radius 1 is 1.14 bits per heavy atom. The Hall–Kier alpha value is -2.92. The molecule has 0 atom stereocenters. The molecule has 188 valence electrons. The Morgan fingerprint density at radius 2 is 1.89 bits per heavy atom. The molecule has 3 amide bonds. The van der Waals surface area contributed by atoms with E-state index in [9.17, 15) is 9.59 Å². The van der Waals surface area contributed by atoms with Crippen LogP contribution in [0.5, 0.6) is 0 Å². The smallest absolute Gasteiger partial charge is 0.343 e. The van der Waals surface area contributed by atoms with Crippen LogP contribution in [0.3, 0.4) is 0 Å². The third-order valence-corrected chi connectivity index (χ3v) is 8.18. The molecule has 1 saturated heterocycles. The van der Waals surface area contributed by atoms with E-state index in [1.807, 2.05) is 19.1 Å². The van der Waals surface area contributed by atoms with E-state index in [0.717, 1.165) is 62.4 Å². The summed E-state index contributed by atoms with van der Waals surface area (Å²) < 4.78 is 0. The van der Waals surface area contributed by atoms with Crippen LogP contribution in [0.1, 0.15) is 55.1 Å². The Labute approximate surface area is 210 Å². The number of nitrogens with one attached hydrogen (secondary N) is 2. The van der Waals surface area contributed by atoms with E-state index in [0.29, 0.717) is 23.1 Å². The van der Waals surface area contributed by atoms with Crippen LogP contribution >= 0.6 is 11.3 Å². The molecule has 2 N–H and O–H groups in total. The molecule has 11 heteroatoms. The summed E-state index contributed by atoms with van der Waals surface area (Å²) >= 11 is 1.39. The molecule has 4 heterocycles. The van der Waals surface area contributed by atoms with Crippen molar-refractivity contribution in [3.8, 4) is 0 Å². The Morgan fingerprint density at radius 3 is 2.60 bits per heavy atom. The van der Waals surface area contributed by atoms with Crippen molar-refractivity contribution in [3.63, 3.8) is 0 Å². The Balaban J connectivity index is 1.33. The van der Waals surface area contributed by atoms with Crippen molar-refractivity contribution in [3.05, 3.63) is 23.2 Å². The number of amides is 3. The predicted molar refractivity (Wildman–Crippen MR) is 139 cm³/mol. The van der Waals surface area contributed by atoms with Crippen molar-refractivity contribution in [2.24, 2.45) is 0 Å². The summed E-state index contributed by atoms with van der Waals surface area (Å²) in [6.07, 6.45) is 8.06. The molecule has 5 rings (SSSR count). The van der Waals surface area contributed by atoms with Crippen LogP contribution < -0.4 is 20.5 Å². The first kappa shape index (κ1) is 23.8. The molecule has 2 aliphatic heterocycles. The fraction of sp³-hybridized carbons (Fsp3) is 0.583. The second-order valence-electron chi connectivity index (χ2n) is 9.58. The van der Waals surface area contributed by atoms with Crippen molar-refractivity contribution in [1.29, 1.82) is 0 Å². The number of urea groups is 1. The molecule has 0 aromatic carbocycles. The molecule has 10 nitrogen and oxygen atoms in total. The lowest BCUT2D eigenvalue weighted by Gasteiger charge is -2.45. The summed E-state index contributed by atoms with van der Waals surface area (Å²) in [6.45, 7) is 4.58. The van der Waals surface area contributed by atoms with Gasteiger partial charge in [0.15, 0.2) is 5.82 Å². The number of hydrogen-bond acceptors (Lipinski definition) is 8. The molecular formula is C24H34N8O2S. The third kappa shape index (κ3) is 4.79. The number of carbonyl (C=O) groups excluding carboxylic acids is 2. The van der Waals surface area contributed by atoms with Gasteiger partial charge in [-0.05, 0) is 64.9 Å². The molecule has 0 bridgehead atoms. The molecule has 0 spiro atoms. The Bertz CT molecular complexity index is 1080. The lowest BCUT2D eigenvalue weighted by molar-refractivity contribution is 0.0921. The molecule has 35 heavy (non-hydrogen) atoms. The van der Waals surface area contributed by atoms with Crippen LogP contribution in [-0.4, -0.2) is 77.6 Å². The van der Waals surface area contributed by atoms with E-state index in [2.05, 4.69) is 32.6 Å². The maximum absolute atomic E-state index is 13.0. The minimum atomic E-state index is -0.0604. The van der Waals surface area contributed by atoms with Gasteiger partial charge in [0.25, 0.3) is 5.91 Å². The zero-order valence-corrected chi connectivity index (χ0v) is 21.5. The van der Waals surface area contributed by atoms with Crippen molar-refractivity contribution in [1.82, 2.24) is 25.2 Å². The zero-order valence-electron chi connectivity index (χ0n) is 20.7. The number of fused-ring (bicyclic) bond motifs is 1. The van der Waals surface area contributed by atoms with Crippen LogP contribution in [0.25, 0.3) is 0 Å². The molecule has 1 saturated carbocycles. The maximum Gasteiger partial charge on any atom is 0.343 e. The molecule has 3 aliphatic rings. The molecule has 2 fully saturated rings. The summed E-state index contributed by atoms with van der Waals surface area (Å²) in [4.78, 5) is 39.6. The van der Waals surface area contributed by atoms with Crippen LogP contribution in [0, 0.1) is 0 Å². The molecule has 2 aromatic heterocycles. The first-order chi connectivity index (χ1) is 16.9. The molecular weight excluding hydrogens is 464 g/mol. The number of aromatic nitrogens is 2. The van der Waals surface area contributed by atoms with E-state index in [-0.39, 0.29) is 24.0 Å². The van der Waals surface area contributed by atoms with E-state index in [4.69, 9.17) is 4.98 Å². The van der Waals surface area contributed by atoms with Crippen molar-refractivity contribution < 1.29 is 9.59 Å². The van der Waals surface area contributed by atoms with Gasteiger partial charge in [-0.15, -0.1) is 11.3 Å². The average Bonchev–Trinajstić information content (AvgIpc) is 3.55. The lowest BCUT2D eigenvalue weighted by Crippen LogP contribution is -2.59. The number of hydrazine groups is 1. The molecule has 2 aromatic rings. The fourth-order valence-corrected chi connectivity index (χ4v) is 5.97. The second-order valence-corrected chi connectivity index (χ2v) is 10.7. The van der Waals surface area contributed by atoms with Gasteiger partial charge in [-0.25, -0.2) is 14.8 Å². The number of piperidine rings is 1. The SMILES string of the molecule is CCN1C(=O)N(C)c2cnc(Nc3ccc(C(=O)NC4CCN(C)CC4)s3)nc2N1C1CCCC1. The van der Waals surface area contributed by atoms with Gasteiger partial charge in [0.2, 0.25) is 5.95 Å². The number of rotatable bonds is 6. The highest BCUT2D eigenvalue weighted by molar-refractivity contribution is 7.18. The fourth-order valence-electron chi connectivity index (χ4n) is 5.17. The van der Waals surface area contributed by atoms with E-state index in [1.54, 1.807) is 23.2 Å². The number of carbonyl (C=O) groups is 2. The number of anilines is 4. The minimum absolute atomic E-state index is 0.0323. The van der Waals surface area contributed by atoms with Crippen LogP contribution in [0.15, 0.2) is 18.3 Å². The number of likely N-dealkylation sites (tertiary alicyclic amines) is 1. The van der Waals surface area contributed by atoms with Crippen LogP contribution in [-0.2, 0) is 0 Å². The van der Waals surface area contributed by atoms with Gasteiger partial charge in [0.05, 0.1) is 22.1 Å². The van der Waals surface area contributed by atoms with Gasteiger partial charge in [0.1, 0.15) is 5.69 Å². The minimum Gasteiger partial charge on any atom is -0.349 e. The largest absolute Gasteiger partial charge is 0.349 e. The van der Waals surface area contributed by atoms with Crippen LogP contribution in [0.4, 0.5) is 27.2 Å². The van der Waals surface area contributed by atoms with Gasteiger partial charge in [-0.3, -0.25) is 14.7 Å². The van der Waals surface area contributed by atoms with Crippen molar-refractivity contribution >= 4 is 45.7 Å². The molecule has 1 aliphatic carbocycles. The topological polar surface area (TPSA) is 96.9 Å². The van der Waals surface area contributed by atoms with E-state index in [1.165, 1.54) is 11.3 Å². The highest BCUT2D eigenvalue weighted by Crippen LogP contribution is 2.39. The van der Waals surface area contributed by atoms with E-state index < -0.39 is 0 Å². The number of nitrogens with zero attached hydrogens (tertiary/aromatic N) is 6. The highest BCUT2D eigenvalue weighted by atomic mass is 32.1. The maximum atomic E-state index is 13.0. The third-order valence-electron chi connectivity index (χ3n) is 7.18. The summed E-state index contributed by atoms with van der Waals surface area (Å²) in [7, 11) is 3.88. The molecule has 0 unspecified atom stereocenters. The van der Waals surface area contributed by atoms with Gasteiger partial charge in [-0.1, -0.05) is 12.8 Å². The second kappa shape index (κ2) is 9.98. The predicted octanol–water partition coefficient (Wildman–Crippen LogP) is 3.66. The van der Waals surface area contributed by atoms with Gasteiger partial charge < -0.3 is 15.5 Å². The van der Waals surface area contributed by atoms with Crippen molar-refractivity contribution in [2.45, 2.75) is 57.5 Å². The summed E-state index contributed by atoms with van der Waals surface area (Å²) in [5.74, 6) is 1.17. The normalized spacial score (nSPS) is 19.9. The van der Waals surface area contributed by atoms with Crippen molar-refractivity contribution in [2.75, 3.05) is 49.0 Å². The highest BCUT2D eigenvalue weighted by Gasteiger charge is 2.39. The monoisotopic (exact) mass is 498 g/mol. The number of thiophene rings is 1.